The zero-order valence-corrected chi connectivity index (χ0v) is 10.1. The van der Waals surface area contributed by atoms with E-state index in [9.17, 15) is 0 Å². The van der Waals surface area contributed by atoms with Gasteiger partial charge in [0.2, 0.25) is 0 Å². The summed E-state index contributed by atoms with van der Waals surface area (Å²) in [5.74, 6) is 2.60. The highest BCUT2D eigenvalue weighted by Crippen LogP contribution is 2.24. The second-order valence-corrected chi connectivity index (χ2v) is 4.38. The second kappa shape index (κ2) is 3.79. The molecule has 0 aliphatic rings. The Kier molecular flexibility index (Phi) is 2.66. The number of aromatic nitrogens is 2. The van der Waals surface area contributed by atoms with Crippen molar-refractivity contribution in [3.63, 3.8) is 0 Å². The molecule has 0 amide bonds. The standard InChI is InChI=1S/C10H6ClIN2/c1-2-3-14-6-8(12)7-4-10(11)13-5-9(7)14/h1,4-6H,3H2. The van der Waals surface area contributed by atoms with Crippen molar-refractivity contribution in [2.75, 3.05) is 0 Å². The van der Waals surface area contributed by atoms with Crippen LogP contribution in [0, 0.1) is 15.9 Å². The molecule has 70 valence electrons. The lowest BCUT2D eigenvalue weighted by atomic mass is 10.3. The highest BCUT2D eigenvalue weighted by Gasteiger charge is 2.06. The lowest BCUT2D eigenvalue weighted by Crippen LogP contribution is -1.92. The van der Waals surface area contributed by atoms with Crippen molar-refractivity contribution in [1.29, 1.82) is 0 Å². The van der Waals surface area contributed by atoms with E-state index < -0.39 is 0 Å². The molecular formula is C10H6ClIN2. The minimum Gasteiger partial charge on any atom is -0.333 e. The molecule has 14 heavy (non-hydrogen) atoms. The van der Waals surface area contributed by atoms with Crippen molar-refractivity contribution in [3.05, 3.63) is 27.2 Å². The Balaban J connectivity index is 2.72. The van der Waals surface area contributed by atoms with Gasteiger partial charge < -0.3 is 4.57 Å². The maximum atomic E-state index is 5.81. The van der Waals surface area contributed by atoms with Crippen LogP contribution in [0.15, 0.2) is 18.5 Å². The van der Waals surface area contributed by atoms with E-state index in [-0.39, 0.29) is 0 Å². The summed E-state index contributed by atoms with van der Waals surface area (Å²) >= 11 is 8.07. The van der Waals surface area contributed by atoms with Crippen molar-refractivity contribution < 1.29 is 0 Å². The number of rotatable bonds is 1. The largest absolute Gasteiger partial charge is 0.333 e. The number of terminal acetylenes is 1. The quantitative estimate of drug-likeness (QED) is 0.449. The van der Waals surface area contributed by atoms with Crippen LogP contribution in [0.25, 0.3) is 10.9 Å². The van der Waals surface area contributed by atoms with Crippen LogP contribution in [0.1, 0.15) is 0 Å². The maximum absolute atomic E-state index is 5.81. The molecule has 0 fully saturated rings. The van der Waals surface area contributed by atoms with Crippen LogP contribution in [0.5, 0.6) is 0 Å². The van der Waals surface area contributed by atoms with Crippen LogP contribution in [-0.4, -0.2) is 9.55 Å². The molecule has 0 N–H and O–H groups in total. The molecule has 0 atom stereocenters. The van der Waals surface area contributed by atoms with Gasteiger partial charge in [0.05, 0.1) is 18.3 Å². The third-order valence-electron chi connectivity index (χ3n) is 1.95. The molecule has 0 radical (unpaired) electrons. The molecule has 0 aliphatic carbocycles. The molecule has 2 aromatic heterocycles. The summed E-state index contributed by atoms with van der Waals surface area (Å²) in [6.45, 7) is 0.558. The Morgan fingerprint density at radius 2 is 2.43 bits per heavy atom. The highest BCUT2D eigenvalue weighted by atomic mass is 127. The van der Waals surface area contributed by atoms with Crippen LogP contribution in [0.4, 0.5) is 0 Å². The van der Waals surface area contributed by atoms with Gasteiger partial charge >= 0.3 is 0 Å². The van der Waals surface area contributed by atoms with Crippen LogP contribution in [0.2, 0.25) is 5.15 Å². The van der Waals surface area contributed by atoms with Gasteiger partial charge in [0.25, 0.3) is 0 Å². The third kappa shape index (κ3) is 1.60. The van der Waals surface area contributed by atoms with E-state index in [2.05, 4.69) is 33.5 Å². The summed E-state index contributed by atoms with van der Waals surface area (Å²) in [7, 11) is 0. The average Bonchev–Trinajstić information content (AvgIpc) is 2.44. The zero-order valence-electron chi connectivity index (χ0n) is 7.17. The van der Waals surface area contributed by atoms with Gasteiger partial charge in [0.1, 0.15) is 5.15 Å². The molecule has 0 saturated heterocycles. The number of pyridine rings is 1. The van der Waals surface area contributed by atoms with Crippen LogP contribution in [0.3, 0.4) is 0 Å². The lowest BCUT2D eigenvalue weighted by molar-refractivity contribution is 0.882. The molecular weight excluding hydrogens is 310 g/mol. The topological polar surface area (TPSA) is 17.8 Å². The third-order valence-corrected chi connectivity index (χ3v) is 3.01. The molecule has 0 saturated carbocycles. The van der Waals surface area contributed by atoms with Crippen molar-refractivity contribution >= 4 is 45.1 Å². The summed E-state index contributed by atoms with van der Waals surface area (Å²) in [4.78, 5) is 4.04. The van der Waals surface area contributed by atoms with Crippen molar-refractivity contribution in [3.8, 4) is 12.3 Å². The smallest absolute Gasteiger partial charge is 0.129 e. The normalized spacial score (nSPS) is 10.4. The molecule has 0 bridgehead atoms. The first-order valence-electron chi connectivity index (χ1n) is 3.95. The molecule has 0 spiro atoms. The van der Waals surface area contributed by atoms with E-state index >= 15 is 0 Å². The highest BCUT2D eigenvalue weighted by molar-refractivity contribution is 14.1. The number of halogens is 2. The number of hydrogen-bond acceptors (Lipinski definition) is 1. The Morgan fingerprint density at radius 3 is 3.14 bits per heavy atom. The molecule has 2 heterocycles. The van der Waals surface area contributed by atoms with Gasteiger partial charge in [-0.05, 0) is 28.7 Å². The molecule has 0 aromatic carbocycles. The maximum Gasteiger partial charge on any atom is 0.129 e. The fourth-order valence-corrected chi connectivity index (χ4v) is 2.27. The van der Waals surface area contributed by atoms with Gasteiger partial charge in [-0.1, -0.05) is 17.5 Å². The molecule has 2 nitrogen and oxygen atoms in total. The first kappa shape index (κ1) is 9.81. The van der Waals surface area contributed by atoms with Gasteiger partial charge in [0, 0.05) is 15.2 Å². The van der Waals surface area contributed by atoms with E-state index in [1.807, 2.05) is 16.8 Å². The molecule has 0 unspecified atom stereocenters. The van der Waals surface area contributed by atoms with E-state index in [0.717, 1.165) is 14.5 Å². The van der Waals surface area contributed by atoms with Crippen molar-refractivity contribution in [1.82, 2.24) is 9.55 Å². The summed E-state index contributed by atoms with van der Waals surface area (Å²) in [6.07, 6.45) is 9.02. The SMILES string of the molecule is C#CCn1cc(I)c2cc(Cl)ncc21. The zero-order chi connectivity index (χ0) is 10.1. The summed E-state index contributed by atoms with van der Waals surface area (Å²) in [5, 5.41) is 1.61. The fraction of sp³-hybridized carbons (Fsp3) is 0.100. The predicted octanol–water partition coefficient (Wildman–Crippen LogP) is 2.93. The van der Waals surface area contributed by atoms with E-state index in [0.29, 0.717) is 11.7 Å². The van der Waals surface area contributed by atoms with E-state index in [1.54, 1.807) is 6.20 Å². The summed E-state index contributed by atoms with van der Waals surface area (Å²) < 4.78 is 3.12. The second-order valence-electron chi connectivity index (χ2n) is 2.83. The van der Waals surface area contributed by atoms with Crippen LogP contribution < -0.4 is 0 Å². The summed E-state index contributed by atoms with van der Waals surface area (Å²) in [5.41, 5.74) is 1.02. The predicted molar refractivity (Wildman–Crippen MR) is 66.3 cm³/mol. The van der Waals surface area contributed by atoms with E-state index in [4.69, 9.17) is 18.0 Å². The minimum atomic E-state index is 0.508. The number of hydrogen-bond donors (Lipinski definition) is 0. The Morgan fingerprint density at radius 1 is 1.64 bits per heavy atom. The summed E-state index contributed by atoms with van der Waals surface area (Å²) in [6, 6.07) is 1.85. The first-order chi connectivity index (χ1) is 6.72. The Labute approximate surface area is 100 Å². The molecule has 2 rings (SSSR count). The molecule has 2 aromatic rings. The van der Waals surface area contributed by atoms with Crippen molar-refractivity contribution in [2.24, 2.45) is 0 Å². The van der Waals surface area contributed by atoms with Gasteiger partial charge in [-0.3, -0.25) is 0 Å². The minimum absolute atomic E-state index is 0.508. The Hall–Kier alpha value is -0.730. The first-order valence-corrected chi connectivity index (χ1v) is 5.41. The van der Waals surface area contributed by atoms with Crippen molar-refractivity contribution in [2.45, 2.75) is 6.54 Å². The lowest BCUT2D eigenvalue weighted by Gasteiger charge is -1.98. The van der Waals surface area contributed by atoms with Gasteiger partial charge in [0.15, 0.2) is 0 Å². The Bertz CT molecular complexity index is 525. The number of nitrogens with zero attached hydrogens (tertiary/aromatic N) is 2. The molecule has 0 aliphatic heterocycles. The number of fused-ring (bicyclic) bond motifs is 1. The van der Waals surface area contributed by atoms with E-state index in [1.165, 1.54) is 0 Å². The molecule has 4 heteroatoms. The van der Waals surface area contributed by atoms with Gasteiger partial charge in [-0.15, -0.1) is 6.42 Å². The van der Waals surface area contributed by atoms with Gasteiger partial charge in [-0.2, -0.15) is 0 Å². The van der Waals surface area contributed by atoms with Crippen LogP contribution >= 0.6 is 34.2 Å². The average molecular weight is 317 g/mol. The van der Waals surface area contributed by atoms with Gasteiger partial charge in [-0.25, -0.2) is 4.98 Å². The van der Waals surface area contributed by atoms with Crippen LogP contribution in [-0.2, 0) is 6.54 Å². The fourth-order valence-electron chi connectivity index (χ4n) is 1.35. The monoisotopic (exact) mass is 316 g/mol.